The number of hydrogen-bond donors (Lipinski definition) is 2. The number of carbonyl (C=O) groups is 2. The Hall–Kier alpha value is -2.93. The highest BCUT2D eigenvalue weighted by atomic mass is 16.5. The summed E-state index contributed by atoms with van der Waals surface area (Å²) in [5.41, 5.74) is 7.42. The summed E-state index contributed by atoms with van der Waals surface area (Å²) in [4.78, 5) is 25.3. The lowest BCUT2D eigenvalue weighted by Gasteiger charge is -2.14. The van der Waals surface area contributed by atoms with E-state index >= 15 is 0 Å². The first-order valence-corrected chi connectivity index (χ1v) is 9.44. The minimum Gasteiger partial charge on any atom is -0.462 e. The van der Waals surface area contributed by atoms with Crippen LogP contribution in [0.4, 0.5) is 0 Å². The van der Waals surface area contributed by atoms with Crippen molar-refractivity contribution in [3.8, 4) is 5.88 Å². The Morgan fingerprint density at radius 1 is 1.31 bits per heavy atom. The molecule has 29 heavy (non-hydrogen) atoms. The van der Waals surface area contributed by atoms with Gasteiger partial charge in [0, 0.05) is 6.20 Å². The third kappa shape index (κ3) is 9.21. The molecule has 1 aliphatic carbocycles. The molecule has 0 atom stereocenters. The van der Waals surface area contributed by atoms with Gasteiger partial charge < -0.3 is 20.5 Å². The molecule has 1 amide bonds. The number of allylic oxidation sites excluding steroid dienone is 4. The number of amides is 1. The van der Waals surface area contributed by atoms with Crippen molar-refractivity contribution in [2.45, 2.75) is 46.1 Å². The first-order valence-electron chi connectivity index (χ1n) is 9.44. The summed E-state index contributed by atoms with van der Waals surface area (Å²) in [7, 11) is 1.93. The molecule has 0 radical (unpaired) electrons. The normalized spacial score (nSPS) is 13.3. The number of nitrogens with zero attached hydrogens (tertiary/aromatic N) is 1. The highest BCUT2D eigenvalue weighted by molar-refractivity contribution is 5.96. The molecule has 0 spiro atoms. The van der Waals surface area contributed by atoms with Crippen LogP contribution in [-0.2, 0) is 9.53 Å². The number of primary amides is 1. The van der Waals surface area contributed by atoms with Crippen LogP contribution in [0.2, 0.25) is 0 Å². The van der Waals surface area contributed by atoms with E-state index in [1.807, 2.05) is 53.0 Å². The van der Waals surface area contributed by atoms with E-state index < -0.39 is 5.91 Å². The van der Waals surface area contributed by atoms with Crippen LogP contribution in [0, 0.1) is 6.92 Å². The van der Waals surface area contributed by atoms with E-state index in [0.717, 1.165) is 24.9 Å². The molecule has 2 rings (SSSR count). The van der Waals surface area contributed by atoms with E-state index in [-0.39, 0.29) is 11.5 Å². The van der Waals surface area contributed by atoms with Crippen LogP contribution in [0.25, 0.3) is 0 Å². The number of ether oxygens (including phenoxy) is 2. The van der Waals surface area contributed by atoms with Gasteiger partial charge in [0.15, 0.2) is 0 Å². The lowest BCUT2D eigenvalue weighted by Crippen LogP contribution is -2.17. The van der Waals surface area contributed by atoms with Gasteiger partial charge in [-0.05, 0) is 77.9 Å². The van der Waals surface area contributed by atoms with Crippen LogP contribution in [-0.4, -0.2) is 36.6 Å². The summed E-state index contributed by atoms with van der Waals surface area (Å²) >= 11 is 0. The molecule has 1 aliphatic rings. The standard InChI is InChI=1S/C17H21N3O2.C5H10O2/c1-12-8-11-20-17(15(12)16(18)21)22-14-5-3-4-13(6-7-14)9-10-19-2;1-5(2,3)7-4-6/h4-8,11,19H,3,9-10H2,1-2H3,(H2,18,21);4H,1-3H3. The molecule has 0 aliphatic heterocycles. The maximum absolute atomic E-state index is 11.6. The minimum atomic E-state index is -0.536. The zero-order valence-corrected chi connectivity index (χ0v) is 17.8. The van der Waals surface area contributed by atoms with E-state index in [4.69, 9.17) is 10.5 Å². The molecule has 1 heterocycles. The van der Waals surface area contributed by atoms with Crippen LogP contribution >= 0.6 is 0 Å². The fourth-order valence-corrected chi connectivity index (χ4v) is 2.35. The first-order chi connectivity index (χ1) is 13.7. The van der Waals surface area contributed by atoms with Crippen molar-refractivity contribution >= 4 is 12.4 Å². The average Bonchev–Trinajstić information content (AvgIpc) is 2.84. The SMILES string of the molecule is CC(C)(C)OC=O.CNCCC1=CCC=C(Oc2nccc(C)c2C(N)=O)C=C1. The van der Waals surface area contributed by atoms with Crippen LogP contribution in [0.3, 0.4) is 0 Å². The molecular weight excluding hydrogens is 370 g/mol. The molecule has 0 aromatic carbocycles. The maximum Gasteiger partial charge on any atom is 0.293 e. The third-order valence-corrected chi connectivity index (χ3v) is 3.81. The Kier molecular flexibility index (Phi) is 9.82. The molecule has 1 aromatic rings. The Bertz CT molecular complexity index is 790. The van der Waals surface area contributed by atoms with E-state index in [0.29, 0.717) is 17.8 Å². The van der Waals surface area contributed by atoms with Crippen molar-refractivity contribution < 1.29 is 19.1 Å². The number of nitrogens with one attached hydrogen (secondary N) is 1. The van der Waals surface area contributed by atoms with Gasteiger partial charge in [-0.25, -0.2) is 4.98 Å². The van der Waals surface area contributed by atoms with Crippen LogP contribution < -0.4 is 15.8 Å². The number of aromatic nitrogens is 1. The second-order valence-electron chi connectivity index (χ2n) is 7.41. The fourth-order valence-electron chi connectivity index (χ4n) is 2.35. The molecule has 3 N–H and O–H groups in total. The van der Waals surface area contributed by atoms with E-state index in [9.17, 15) is 9.59 Å². The van der Waals surface area contributed by atoms with Gasteiger partial charge in [-0.2, -0.15) is 0 Å². The zero-order chi connectivity index (χ0) is 21.9. The monoisotopic (exact) mass is 401 g/mol. The minimum absolute atomic E-state index is 0.252. The van der Waals surface area contributed by atoms with Crippen molar-refractivity contribution in [2.24, 2.45) is 5.73 Å². The van der Waals surface area contributed by atoms with E-state index in [2.05, 4.69) is 21.1 Å². The lowest BCUT2D eigenvalue weighted by atomic mass is 10.1. The average molecular weight is 402 g/mol. The second-order valence-corrected chi connectivity index (χ2v) is 7.41. The van der Waals surface area contributed by atoms with Gasteiger partial charge in [-0.1, -0.05) is 17.7 Å². The van der Waals surface area contributed by atoms with E-state index in [1.165, 1.54) is 5.57 Å². The maximum atomic E-state index is 11.6. The molecule has 0 saturated carbocycles. The number of pyridine rings is 1. The predicted molar refractivity (Wildman–Crippen MR) is 113 cm³/mol. The van der Waals surface area contributed by atoms with Crippen LogP contribution in [0.15, 0.2) is 47.9 Å². The summed E-state index contributed by atoms with van der Waals surface area (Å²) in [6.07, 6.45) is 11.4. The summed E-state index contributed by atoms with van der Waals surface area (Å²) in [5, 5.41) is 3.13. The molecule has 1 aromatic heterocycles. The highest BCUT2D eigenvalue weighted by Gasteiger charge is 2.15. The Labute approximate surface area is 172 Å². The van der Waals surface area contributed by atoms with Gasteiger partial charge in [0.25, 0.3) is 12.4 Å². The predicted octanol–water partition coefficient (Wildman–Crippen LogP) is 3.21. The molecular formula is C22H31N3O4. The number of hydrogen-bond acceptors (Lipinski definition) is 6. The number of aryl methyl sites for hydroxylation is 1. The van der Waals surface area contributed by atoms with Gasteiger partial charge >= 0.3 is 0 Å². The van der Waals surface area contributed by atoms with Crippen molar-refractivity contribution in [3.05, 3.63) is 59.0 Å². The Balaban J connectivity index is 0.000000516. The largest absolute Gasteiger partial charge is 0.462 e. The summed E-state index contributed by atoms with van der Waals surface area (Å²) in [5.74, 6) is 0.380. The van der Waals surface area contributed by atoms with Crippen molar-refractivity contribution in [3.63, 3.8) is 0 Å². The molecule has 0 bridgehead atoms. The van der Waals surface area contributed by atoms with Crippen molar-refractivity contribution in [1.82, 2.24) is 10.3 Å². The smallest absolute Gasteiger partial charge is 0.293 e. The molecule has 7 nitrogen and oxygen atoms in total. The Morgan fingerprint density at radius 2 is 2.03 bits per heavy atom. The third-order valence-electron chi connectivity index (χ3n) is 3.81. The first kappa shape index (κ1) is 24.1. The zero-order valence-electron chi connectivity index (χ0n) is 17.8. The number of carbonyl (C=O) groups excluding carboxylic acids is 2. The molecule has 7 heteroatoms. The fraction of sp³-hybridized carbons (Fsp3) is 0.409. The van der Waals surface area contributed by atoms with Crippen molar-refractivity contribution in [1.29, 1.82) is 0 Å². The quantitative estimate of drug-likeness (QED) is 0.680. The molecule has 158 valence electrons. The highest BCUT2D eigenvalue weighted by Crippen LogP contribution is 2.22. The summed E-state index contributed by atoms with van der Waals surface area (Å²) in [6.45, 7) is 8.66. The van der Waals surface area contributed by atoms with Gasteiger partial charge in [-0.15, -0.1) is 0 Å². The molecule has 0 saturated heterocycles. The lowest BCUT2D eigenvalue weighted by molar-refractivity contribution is -0.138. The van der Waals surface area contributed by atoms with Crippen molar-refractivity contribution in [2.75, 3.05) is 13.6 Å². The van der Waals surface area contributed by atoms with Crippen LogP contribution in [0.5, 0.6) is 5.88 Å². The van der Waals surface area contributed by atoms with Gasteiger partial charge in [0.1, 0.15) is 16.9 Å². The van der Waals surface area contributed by atoms with Crippen LogP contribution in [0.1, 0.15) is 49.5 Å². The summed E-state index contributed by atoms with van der Waals surface area (Å²) in [6, 6.07) is 1.74. The molecule has 0 fully saturated rings. The number of rotatable bonds is 7. The molecule has 0 unspecified atom stereocenters. The second kappa shape index (κ2) is 11.8. The Morgan fingerprint density at radius 3 is 2.59 bits per heavy atom. The van der Waals surface area contributed by atoms with Gasteiger partial charge in [-0.3, -0.25) is 9.59 Å². The van der Waals surface area contributed by atoms with Gasteiger partial charge in [0.05, 0.1) is 0 Å². The topological polar surface area (TPSA) is 104 Å². The van der Waals surface area contributed by atoms with E-state index in [1.54, 1.807) is 12.3 Å². The van der Waals surface area contributed by atoms with Gasteiger partial charge in [0.2, 0.25) is 5.88 Å². The number of nitrogens with two attached hydrogens (primary N) is 1. The summed E-state index contributed by atoms with van der Waals surface area (Å²) < 4.78 is 10.3.